The van der Waals surface area contributed by atoms with E-state index in [0.717, 1.165) is 42.1 Å². The number of nitrogens with one attached hydrogen (secondary N) is 2. The fourth-order valence-electron chi connectivity index (χ4n) is 3.42. The number of thioether (sulfide) groups is 1. The zero-order valence-electron chi connectivity index (χ0n) is 16.4. The van der Waals surface area contributed by atoms with Crippen LogP contribution in [0.2, 0.25) is 0 Å². The maximum absolute atomic E-state index is 12.7. The molecule has 0 bridgehead atoms. The minimum Gasteiger partial charge on any atom is -0.322 e. The molecule has 4 heteroatoms. The van der Waals surface area contributed by atoms with E-state index in [1.165, 1.54) is 23.7 Å². The Labute approximate surface area is 172 Å². The molecule has 2 aromatic carbocycles. The summed E-state index contributed by atoms with van der Waals surface area (Å²) in [5.41, 5.74) is 3.93. The summed E-state index contributed by atoms with van der Waals surface area (Å²) in [6, 6.07) is 18.2. The van der Waals surface area contributed by atoms with Gasteiger partial charge in [0.25, 0.3) is 5.91 Å². The van der Waals surface area contributed by atoms with Crippen LogP contribution in [0.15, 0.2) is 72.2 Å². The van der Waals surface area contributed by atoms with Gasteiger partial charge >= 0.3 is 0 Å². The van der Waals surface area contributed by atoms with E-state index in [9.17, 15) is 4.79 Å². The molecule has 3 rings (SSSR count). The molecule has 0 saturated carbocycles. The van der Waals surface area contributed by atoms with Crippen LogP contribution >= 0.6 is 11.8 Å². The number of carbonyl (C=O) groups excluding carboxylic acids is 1. The van der Waals surface area contributed by atoms with Crippen LogP contribution in [-0.4, -0.2) is 19.0 Å². The lowest BCUT2D eigenvalue weighted by atomic mass is 9.90. The van der Waals surface area contributed by atoms with Crippen molar-refractivity contribution in [3.63, 3.8) is 0 Å². The number of rotatable bonds is 6. The van der Waals surface area contributed by atoms with Gasteiger partial charge in [-0.05, 0) is 67.8 Å². The van der Waals surface area contributed by atoms with Gasteiger partial charge in [-0.15, -0.1) is 0 Å². The molecule has 1 saturated heterocycles. The Bertz CT molecular complexity index is 837. The molecule has 1 heterocycles. The summed E-state index contributed by atoms with van der Waals surface area (Å²) in [6.07, 6.45) is 3.43. The van der Waals surface area contributed by atoms with E-state index in [2.05, 4.69) is 29.3 Å². The summed E-state index contributed by atoms with van der Waals surface area (Å²) < 4.78 is 0. The van der Waals surface area contributed by atoms with Crippen LogP contribution in [0.3, 0.4) is 0 Å². The summed E-state index contributed by atoms with van der Waals surface area (Å²) in [4.78, 5) is 13.7. The second-order valence-corrected chi connectivity index (χ2v) is 8.09. The molecule has 3 nitrogen and oxygen atoms in total. The fourth-order valence-corrected chi connectivity index (χ4v) is 4.12. The van der Waals surface area contributed by atoms with Gasteiger partial charge in [0.1, 0.15) is 0 Å². The number of para-hydroxylation sites is 1. The first-order valence-electron chi connectivity index (χ1n) is 9.84. The van der Waals surface area contributed by atoms with Gasteiger partial charge in [-0.25, -0.2) is 0 Å². The van der Waals surface area contributed by atoms with Crippen molar-refractivity contribution in [1.29, 1.82) is 0 Å². The van der Waals surface area contributed by atoms with E-state index in [4.69, 9.17) is 0 Å². The molecular weight excluding hydrogens is 364 g/mol. The number of carbonyl (C=O) groups is 1. The highest BCUT2D eigenvalue weighted by Crippen LogP contribution is 2.32. The summed E-state index contributed by atoms with van der Waals surface area (Å²) in [7, 11) is 0. The lowest BCUT2D eigenvalue weighted by molar-refractivity contribution is -0.112. The first-order valence-corrected chi connectivity index (χ1v) is 10.7. The molecule has 0 aliphatic carbocycles. The molecule has 1 amide bonds. The van der Waals surface area contributed by atoms with E-state index in [1.807, 2.05) is 54.8 Å². The van der Waals surface area contributed by atoms with Crippen molar-refractivity contribution in [1.82, 2.24) is 5.32 Å². The number of anilines is 1. The Hall–Kier alpha value is -2.30. The van der Waals surface area contributed by atoms with Crippen molar-refractivity contribution in [3.8, 4) is 0 Å². The van der Waals surface area contributed by atoms with Gasteiger partial charge in [-0.2, -0.15) is 0 Å². The molecule has 0 spiro atoms. The smallest absolute Gasteiger partial charge is 0.251 e. The fraction of sp³-hybridized carbons (Fsp3) is 0.292. The molecule has 0 aromatic heterocycles. The Morgan fingerprint density at radius 1 is 1.11 bits per heavy atom. The predicted octanol–water partition coefficient (Wildman–Crippen LogP) is 5.79. The molecule has 28 heavy (non-hydrogen) atoms. The topological polar surface area (TPSA) is 41.1 Å². The van der Waals surface area contributed by atoms with E-state index in [1.54, 1.807) is 0 Å². The summed E-state index contributed by atoms with van der Waals surface area (Å²) >= 11 is 1.49. The SMILES string of the molecule is C=C(S/C=C(\C)C(=O)Nc1ccccc1C1CCCNCC1)c1ccccc1. The van der Waals surface area contributed by atoms with Crippen molar-refractivity contribution >= 4 is 28.3 Å². The van der Waals surface area contributed by atoms with Crippen LogP contribution in [0.5, 0.6) is 0 Å². The van der Waals surface area contributed by atoms with E-state index >= 15 is 0 Å². The summed E-state index contributed by atoms with van der Waals surface area (Å²) in [6.45, 7) is 8.06. The second kappa shape index (κ2) is 10.3. The molecule has 146 valence electrons. The Kier molecular flexibility index (Phi) is 7.52. The molecule has 2 N–H and O–H groups in total. The molecule has 1 unspecified atom stereocenters. The Morgan fingerprint density at radius 2 is 1.86 bits per heavy atom. The van der Waals surface area contributed by atoms with Crippen LogP contribution in [0.1, 0.15) is 43.2 Å². The highest BCUT2D eigenvalue weighted by molar-refractivity contribution is 8.10. The third-order valence-electron chi connectivity index (χ3n) is 5.06. The van der Waals surface area contributed by atoms with Crippen LogP contribution < -0.4 is 10.6 Å². The number of benzene rings is 2. The van der Waals surface area contributed by atoms with Gasteiger partial charge in [0.2, 0.25) is 0 Å². The normalized spacial score (nSPS) is 17.6. The lowest BCUT2D eigenvalue weighted by Gasteiger charge is -2.19. The Morgan fingerprint density at radius 3 is 2.68 bits per heavy atom. The van der Waals surface area contributed by atoms with Crippen molar-refractivity contribution in [3.05, 3.63) is 83.3 Å². The van der Waals surface area contributed by atoms with Crippen LogP contribution in [-0.2, 0) is 4.79 Å². The van der Waals surface area contributed by atoms with Gasteiger partial charge in [0.15, 0.2) is 0 Å². The maximum atomic E-state index is 12.7. The summed E-state index contributed by atoms with van der Waals surface area (Å²) in [5, 5.41) is 8.46. The lowest BCUT2D eigenvalue weighted by Crippen LogP contribution is -2.16. The average Bonchev–Trinajstić information content (AvgIpc) is 3.02. The van der Waals surface area contributed by atoms with Crippen LogP contribution in [0, 0.1) is 0 Å². The van der Waals surface area contributed by atoms with Crippen molar-refractivity contribution in [2.75, 3.05) is 18.4 Å². The molecule has 2 aromatic rings. The van der Waals surface area contributed by atoms with Gasteiger partial charge in [-0.3, -0.25) is 4.79 Å². The average molecular weight is 393 g/mol. The molecule has 1 fully saturated rings. The minimum absolute atomic E-state index is 0.0624. The molecule has 1 atom stereocenters. The van der Waals surface area contributed by atoms with Crippen molar-refractivity contribution in [2.24, 2.45) is 0 Å². The molecule has 0 radical (unpaired) electrons. The first-order chi connectivity index (χ1) is 13.6. The highest BCUT2D eigenvalue weighted by atomic mass is 32.2. The molecule has 1 aliphatic rings. The van der Waals surface area contributed by atoms with Gasteiger partial charge in [0.05, 0.1) is 0 Å². The maximum Gasteiger partial charge on any atom is 0.251 e. The van der Waals surface area contributed by atoms with Crippen molar-refractivity contribution in [2.45, 2.75) is 32.1 Å². The van der Waals surface area contributed by atoms with Gasteiger partial charge < -0.3 is 10.6 Å². The van der Waals surface area contributed by atoms with E-state index in [0.29, 0.717) is 11.5 Å². The number of hydrogen-bond donors (Lipinski definition) is 2. The predicted molar refractivity (Wildman–Crippen MR) is 121 cm³/mol. The monoisotopic (exact) mass is 392 g/mol. The zero-order valence-corrected chi connectivity index (χ0v) is 17.2. The highest BCUT2D eigenvalue weighted by Gasteiger charge is 2.18. The van der Waals surface area contributed by atoms with Gasteiger partial charge in [0, 0.05) is 16.2 Å². The number of amides is 1. The third kappa shape index (κ3) is 5.60. The zero-order chi connectivity index (χ0) is 19.8. The molecular formula is C24H28N2OS. The van der Waals surface area contributed by atoms with Crippen molar-refractivity contribution < 1.29 is 4.79 Å². The van der Waals surface area contributed by atoms with Crippen LogP contribution in [0.4, 0.5) is 5.69 Å². The first kappa shape index (κ1) is 20.4. The largest absolute Gasteiger partial charge is 0.322 e. The quantitative estimate of drug-likeness (QED) is 0.611. The summed E-state index contributed by atoms with van der Waals surface area (Å²) in [5.74, 6) is 0.426. The van der Waals surface area contributed by atoms with E-state index < -0.39 is 0 Å². The standard InChI is InChI=1S/C24H28N2OS/c1-18(17-28-19(2)20-9-4-3-5-10-20)24(27)26-23-13-7-6-12-22(23)21-11-8-15-25-16-14-21/h3-7,9-10,12-13,17,21,25H,2,8,11,14-16H2,1H3,(H,26,27)/b18-17+. The van der Waals surface area contributed by atoms with Gasteiger partial charge in [-0.1, -0.05) is 66.9 Å². The van der Waals surface area contributed by atoms with Crippen LogP contribution in [0.25, 0.3) is 4.91 Å². The van der Waals surface area contributed by atoms with E-state index in [-0.39, 0.29) is 5.91 Å². The Balaban J connectivity index is 1.66. The molecule has 1 aliphatic heterocycles. The second-order valence-electron chi connectivity index (χ2n) is 7.13. The third-order valence-corrected chi connectivity index (χ3v) is 6.05. The number of hydrogen-bond acceptors (Lipinski definition) is 3. The minimum atomic E-state index is -0.0624.